The third-order valence-corrected chi connectivity index (χ3v) is 16.3. The van der Waals surface area contributed by atoms with E-state index in [2.05, 4.69) is 26.6 Å². The van der Waals surface area contributed by atoms with E-state index in [9.17, 15) is 62.3 Å². The fraction of sp³-hybridized carbons (Fsp3) is 0.716. The molecule has 0 saturated carbocycles. The van der Waals surface area contributed by atoms with E-state index >= 15 is 0 Å². The van der Waals surface area contributed by atoms with Crippen molar-refractivity contribution in [3.05, 3.63) is 35.4 Å². The standard InChI is InChI=1S/C67H113N11O15/c1-24-49(71-62(86)57(78(22)54(81)34-41(8)9)58(93-46(15)79)43(12)27-25-28-47-29-26-30-48(35-47)67(91)92-23)64(88)74(18)37-55(82)75(19)50(31-38(2)3)61(85)72-56(42(10)11)66(90)76(20)51(32-39(4)5)60(84)69-44(13)59(83)70-45(14)63(87)77(21)52(33-40(6)7)65(89)73(17)36-53(80)68-16/h26,29-30,35,38-45,49-52,56-58H,24-25,27-28,31-34,36-37H2,1-23H3,(H,68,80)(H,69,84)(H,70,83)(H,71,86)(H,72,85)/t43-,44-,45+,49+,50+,51+,52+,56+,57?,58-/m1/s1. The Hall–Kier alpha value is -7.67. The first kappa shape index (κ1) is 83.3. The first-order valence-electron chi connectivity index (χ1n) is 32.5. The molecule has 1 aromatic carbocycles. The summed E-state index contributed by atoms with van der Waals surface area (Å²) in [7, 11) is 11.3. The smallest absolute Gasteiger partial charge is 0.337 e. The Morgan fingerprint density at radius 3 is 1.56 bits per heavy atom. The number of hydrogen-bond acceptors (Lipinski definition) is 15. The second-order valence-electron chi connectivity index (χ2n) is 26.7. The molecule has 0 spiro atoms. The van der Waals surface area contributed by atoms with Crippen LogP contribution >= 0.6 is 0 Å². The van der Waals surface area contributed by atoms with E-state index in [4.69, 9.17) is 9.47 Å². The van der Waals surface area contributed by atoms with Gasteiger partial charge in [-0.2, -0.15) is 0 Å². The molecule has 0 aliphatic rings. The largest absolute Gasteiger partial charge is 0.465 e. The number of esters is 2. The zero-order valence-corrected chi connectivity index (χ0v) is 59.8. The summed E-state index contributed by atoms with van der Waals surface area (Å²) in [5.74, 6) is -9.28. The minimum atomic E-state index is -1.38. The van der Waals surface area contributed by atoms with E-state index in [0.717, 1.165) is 10.5 Å². The van der Waals surface area contributed by atoms with Gasteiger partial charge in [-0.15, -0.1) is 0 Å². The number of nitrogens with one attached hydrogen (secondary N) is 5. The van der Waals surface area contributed by atoms with E-state index in [-0.39, 0.29) is 62.3 Å². The summed E-state index contributed by atoms with van der Waals surface area (Å²) in [6.07, 6.45) is 1.01. The van der Waals surface area contributed by atoms with Crippen LogP contribution in [0.3, 0.4) is 0 Å². The van der Waals surface area contributed by atoms with E-state index in [0.29, 0.717) is 24.8 Å². The maximum absolute atomic E-state index is 14.7. The van der Waals surface area contributed by atoms with Crippen LogP contribution in [0, 0.1) is 35.5 Å². The highest BCUT2D eigenvalue weighted by molar-refractivity contribution is 5.98. The van der Waals surface area contributed by atoms with Crippen LogP contribution in [0.4, 0.5) is 0 Å². The number of benzene rings is 1. The second kappa shape index (κ2) is 39.8. The molecule has 0 radical (unpaired) electrons. The lowest BCUT2D eigenvalue weighted by Crippen LogP contribution is -2.61. The van der Waals surface area contributed by atoms with Gasteiger partial charge in [-0.3, -0.25) is 57.5 Å². The lowest BCUT2D eigenvalue weighted by Gasteiger charge is -2.37. The summed E-state index contributed by atoms with van der Waals surface area (Å²) in [6.45, 7) is 25.0. The van der Waals surface area contributed by atoms with Crippen molar-refractivity contribution in [3.63, 3.8) is 0 Å². The number of carbonyl (C=O) groups excluding carboxylic acids is 13. The van der Waals surface area contributed by atoms with Crippen molar-refractivity contribution < 1.29 is 71.8 Å². The number of amides is 11. The lowest BCUT2D eigenvalue weighted by atomic mass is 9.90. The molecular formula is C67H113N11O15. The molecule has 26 heteroatoms. The van der Waals surface area contributed by atoms with Crippen LogP contribution in [0.25, 0.3) is 0 Å². The molecule has 0 fully saturated rings. The summed E-state index contributed by atoms with van der Waals surface area (Å²) in [6, 6.07) is -2.46. The first-order chi connectivity index (χ1) is 43.2. The van der Waals surface area contributed by atoms with Crippen molar-refractivity contribution in [2.75, 3.05) is 69.5 Å². The SMILES string of the molecule is CC[C@H](NC(=O)C([C@H](OC(C)=O)[C@H](C)CCCc1cccc(C(=O)OC)c1)N(C)C(=O)CC(C)C)C(=O)N(C)CC(=O)N(C)[C@@H](CC(C)C)C(=O)N[C@H](C(=O)N(C)[C@@H](CC(C)C)C(=O)N[C@H](C)C(=O)N[C@@H](C)C(=O)N(C)[C@@H](CC(C)C)C(=O)N(C)CC(=O)NC)C(C)C. The number of methoxy groups -OCH3 is 1. The third-order valence-electron chi connectivity index (χ3n) is 16.3. The van der Waals surface area contributed by atoms with Gasteiger partial charge in [0.15, 0.2) is 0 Å². The molecule has 1 rings (SSSR count). The molecule has 11 amide bonds. The number of nitrogens with zero attached hydrogens (tertiary/aromatic N) is 6. The van der Waals surface area contributed by atoms with Crippen LogP contribution in [0.1, 0.15) is 165 Å². The summed E-state index contributed by atoms with van der Waals surface area (Å²) >= 11 is 0. The van der Waals surface area contributed by atoms with Gasteiger partial charge in [-0.05, 0) is 112 Å². The molecule has 0 bridgehead atoms. The van der Waals surface area contributed by atoms with Gasteiger partial charge in [-0.1, -0.05) is 95.2 Å². The Morgan fingerprint density at radius 1 is 0.538 bits per heavy atom. The molecule has 0 aliphatic carbocycles. The average Bonchev–Trinajstić information content (AvgIpc) is 1.19. The van der Waals surface area contributed by atoms with Gasteiger partial charge in [0, 0.05) is 62.7 Å². The van der Waals surface area contributed by atoms with Crippen molar-refractivity contribution >= 4 is 76.9 Å². The van der Waals surface area contributed by atoms with Crippen molar-refractivity contribution in [2.24, 2.45) is 35.5 Å². The molecule has 10 atom stereocenters. The molecule has 1 aromatic rings. The van der Waals surface area contributed by atoms with E-state index in [1.54, 1.807) is 45.9 Å². The minimum Gasteiger partial charge on any atom is -0.465 e. The number of ether oxygens (including phenoxy) is 2. The molecule has 0 heterocycles. The van der Waals surface area contributed by atoms with Crippen molar-refractivity contribution in [3.8, 4) is 0 Å². The molecule has 0 saturated heterocycles. The van der Waals surface area contributed by atoms with Crippen LogP contribution in [0.2, 0.25) is 0 Å². The second-order valence-corrected chi connectivity index (χ2v) is 26.7. The van der Waals surface area contributed by atoms with Gasteiger partial charge in [0.25, 0.3) is 0 Å². The maximum Gasteiger partial charge on any atom is 0.337 e. The molecule has 26 nitrogen and oxygen atoms in total. The zero-order valence-electron chi connectivity index (χ0n) is 59.8. The zero-order chi connectivity index (χ0) is 71.6. The topological polar surface area (TPSA) is 320 Å². The van der Waals surface area contributed by atoms with Crippen molar-refractivity contribution in [1.29, 1.82) is 0 Å². The molecular weight excluding hydrogens is 1200 g/mol. The van der Waals surface area contributed by atoms with Gasteiger partial charge in [0.1, 0.15) is 54.4 Å². The number of carbonyl (C=O) groups is 13. The monoisotopic (exact) mass is 1310 g/mol. The highest BCUT2D eigenvalue weighted by Gasteiger charge is 2.43. The normalized spacial score (nSPS) is 14.6. The molecule has 1 unspecified atom stereocenters. The van der Waals surface area contributed by atoms with Gasteiger partial charge in [0.2, 0.25) is 65.0 Å². The maximum atomic E-state index is 14.7. The predicted molar refractivity (Wildman–Crippen MR) is 353 cm³/mol. The summed E-state index contributed by atoms with van der Waals surface area (Å²) in [4.78, 5) is 186. The molecule has 0 aromatic heterocycles. The van der Waals surface area contributed by atoms with Gasteiger partial charge >= 0.3 is 11.9 Å². The van der Waals surface area contributed by atoms with Crippen LogP contribution in [-0.4, -0.2) is 230 Å². The van der Waals surface area contributed by atoms with Gasteiger partial charge in [-0.25, -0.2) is 4.79 Å². The van der Waals surface area contributed by atoms with Crippen LogP contribution < -0.4 is 26.6 Å². The fourth-order valence-corrected chi connectivity index (χ4v) is 10.7. The Kier molecular flexibility index (Phi) is 35.6. The Morgan fingerprint density at radius 2 is 1.05 bits per heavy atom. The van der Waals surface area contributed by atoms with E-state index in [1.165, 1.54) is 102 Å². The molecule has 5 N–H and O–H groups in total. The summed E-state index contributed by atoms with van der Waals surface area (Å²) < 4.78 is 10.7. The van der Waals surface area contributed by atoms with E-state index < -0.39 is 150 Å². The highest BCUT2D eigenvalue weighted by atomic mass is 16.5. The number of rotatable bonds is 38. The van der Waals surface area contributed by atoms with Crippen molar-refractivity contribution in [2.45, 2.75) is 210 Å². The number of hydrogen-bond donors (Lipinski definition) is 5. The Balaban J connectivity index is 3.43. The highest BCUT2D eigenvalue weighted by Crippen LogP contribution is 2.25. The minimum absolute atomic E-state index is 0.0172. The third kappa shape index (κ3) is 26.7. The van der Waals surface area contributed by atoms with Crippen LogP contribution in [0.5, 0.6) is 0 Å². The first-order valence-corrected chi connectivity index (χ1v) is 32.5. The Bertz CT molecular complexity index is 2720. The van der Waals surface area contributed by atoms with Crippen molar-refractivity contribution in [1.82, 2.24) is 56.0 Å². The summed E-state index contributed by atoms with van der Waals surface area (Å²) in [5, 5.41) is 13.4. The molecule has 0 aliphatic heterocycles. The van der Waals surface area contributed by atoms with E-state index in [1.807, 2.05) is 61.5 Å². The summed E-state index contributed by atoms with van der Waals surface area (Å²) in [5.41, 5.74) is 1.25. The number of aryl methyl sites for hydroxylation is 1. The number of likely N-dealkylation sites (N-methyl/N-ethyl adjacent to an activating group) is 7. The quantitative estimate of drug-likeness (QED) is 0.0591. The van der Waals surface area contributed by atoms with Gasteiger partial charge in [0.05, 0.1) is 25.8 Å². The molecule has 526 valence electrons. The molecule has 93 heavy (non-hydrogen) atoms. The van der Waals surface area contributed by atoms with Crippen LogP contribution in [0.15, 0.2) is 24.3 Å². The fourth-order valence-electron chi connectivity index (χ4n) is 10.7. The lowest BCUT2D eigenvalue weighted by molar-refractivity contribution is -0.161. The Labute approximate surface area is 552 Å². The average molecular weight is 1310 g/mol. The van der Waals surface area contributed by atoms with Gasteiger partial charge < -0.3 is 65.5 Å². The van der Waals surface area contributed by atoms with Crippen LogP contribution in [-0.2, 0) is 73.4 Å². The predicted octanol–water partition coefficient (Wildman–Crippen LogP) is 3.56.